The molecule has 3 nitrogen and oxygen atoms in total. The molecular formula is C36H40N2O. The summed E-state index contributed by atoms with van der Waals surface area (Å²) in [6, 6.07) is 15.0. The largest absolute Gasteiger partial charge is 0.437 e. The Morgan fingerprint density at radius 2 is 1.64 bits per heavy atom. The summed E-state index contributed by atoms with van der Waals surface area (Å²) >= 11 is 0. The molecule has 3 aromatic heterocycles. The first-order valence-electron chi connectivity index (χ1n) is 17.6. The summed E-state index contributed by atoms with van der Waals surface area (Å²) in [6.45, 7) is 3.71. The number of aryl methyl sites for hydroxylation is 2. The van der Waals surface area contributed by atoms with Crippen molar-refractivity contribution in [3.05, 3.63) is 82.7 Å². The van der Waals surface area contributed by atoms with Gasteiger partial charge in [0.15, 0.2) is 0 Å². The van der Waals surface area contributed by atoms with Gasteiger partial charge in [0.1, 0.15) is 5.58 Å². The number of hydrogen-bond acceptors (Lipinski definition) is 3. The Kier molecular flexibility index (Phi) is 4.94. The molecule has 1 aliphatic rings. The molecule has 39 heavy (non-hydrogen) atoms. The summed E-state index contributed by atoms with van der Waals surface area (Å²) in [4.78, 5) is 8.97. The molecule has 3 heteroatoms. The third-order valence-electron chi connectivity index (χ3n) is 8.12. The van der Waals surface area contributed by atoms with Gasteiger partial charge in [0.2, 0.25) is 5.71 Å². The first kappa shape index (κ1) is 18.8. The maximum atomic E-state index is 9.42. The smallest absolute Gasteiger partial charge is 0.227 e. The van der Waals surface area contributed by atoms with Crippen LogP contribution < -0.4 is 0 Å². The van der Waals surface area contributed by atoms with Crippen LogP contribution in [0.5, 0.6) is 0 Å². The van der Waals surface area contributed by atoms with Crippen LogP contribution in [0.1, 0.15) is 115 Å². The second-order valence-corrected chi connectivity index (χ2v) is 11.5. The molecular weight excluding hydrogens is 476 g/mol. The normalized spacial score (nSPS) is 18.9. The molecule has 200 valence electrons. The summed E-state index contributed by atoms with van der Waals surface area (Å²) in [5.74, 6) is -0.485. The molecule has 0 N–H and O–H groups in total. The van der Waals surface area contributed by atoms with Gasteiger partial charge in [-0.15, -0.1) is 0 Å². The monoisotopic (exact) mass is 523 g/mol. The zero-order chi connectivity index (χ0) is 33.2. The van der Waals surface area contributed by atoms with Gasteiger partial charge in [0.05, 0.1) is 5.69 Å². The van der Waals surface area contributed by atoms with E-state index in [0.717, 1.165) is 59.7 Å². The number of hydrogen-bond donors (Lipinski definition) is 0. The van der Waals surface area contributed by atoms with Gasteiger partial charge < -0.3 is 4.42 Å². The van der Waals surface area contributed by atoms with Crippen molar-refractivity contribution in [1.29, 1.82) is 0 Å². The van der Waals surface area contributed by atoms with Crippen molar-refractivity contribution in [2.75, 3.05) is 0 Å². The van der Waals surface area contributed by atoms with Gasteiger partial charge in [-0.05, 0) is 102 Å². The molecule has 3 heterocycles. The molecule has 2 aromatic carbocycles. The highest BCUT2D eigenvalue weighted by atomic mass is 16.3. The Morgan fingerprint density at radius 3 is 2.33 bits per heavy atom. The molecule has 0 spiro atoms. The molecule has 1 saturated carbocycles. The van der Waals surface area contributed by atoms with Crippen molar-refractivity contribution in [2.24, 2.45) is 0 Å². The molecule has 1 aliphatic carbocycles. The van der Waals surface area contributed by atoms with Crippen LogP contribution in [0.25, 0.3) is 44.5 Å². The molecule has 0 aliphatic heterocycles. The van der Waals surface area contributed by atoms with E-state index in [4.69, 9.17) is 12.6 Å². The highest BCUT2D eigenvalue weighted by Crippen LogP contribution is 2.44. The lowest BCUT2D eigenvalue weighted by atomic mass is 9.77. The van der Waals surface area contributed by atoms with Crippen LogP contribution in [-0.2, 0) is 0 Å². The van der Waals surface area contributed by atoms with Crippen LogP contribution in [-0.4, -0.2) is 9.97 Å². The van der Waals surface area contributed by atoms with Gasteiger partial charge in [-0.3, -0.25) is 4.98 Å². The van der Waals surface area contributed by atoms with Crippen LogP contribution in [0.3, 0.4) is 0 Å². The lowest BCUT2D eigenvalue weighted by molar-refractivity contribution is 0.443. The second kappa shape index (κ2) is 10.3. The third kappa shape index (κ3) is 4.67. The van der Waals surface area contributed by atoms with E-state index in [2.05, 4.69) is 49.8 Å². The van der Waals surface area contributed by atoms with E-state index < -0.39 is 19.6 Å². The van der Waals surface area contributed by atoms with Crippen LogP contribution in [0.15, 0.2) is 59.1 Å². The fraction of sp³-hybridized carbons (Fsp3) is 0.389. The molecule has 0 atom stereocenters. The average molecular weight is 524 g/mol. The Hall–Kier alpha value is -3.46. The molecule has 6 rings (SSSR count). The van der Waals surface area contributed by atoms with Crippen molar-refractivity contribution in [2.45, 2.75) is 91.2 Å². The number of benzene rings is 2. The van der Waals surface area contributed by atoms with E-state index in [9.17, 15) is 1.37 Å². The van der Waals surface area contributed by atoms with Crippen LogP contribution in [0.4, 0.5) is 0 Å². The summed E-state index contributed by atoms with van der Waals surface area (Å²) in [7, 11) is 0. The first-order valence-corrected chi connectivity index (χ1v) is 14.1. The number of para-hydroxylation sites is 1. The van der Waals surface area contributed by atoms with Crippen molar-refractivity contribution in [3.8, 4) is 22.4 Å². The number of rotatable bonds is 5. The molecule has 0 amide bonds. The minimum Gasteiger partial charge on any atom is -0.437 e. The van der Waals surface area contributed by atoms with Crippen LogP contribution in [0.2, 0.25) is 0 Å². The van der Waals surface area contributed by atoms with Gasteiger partial charge in [-0.1, -0.05) is 71.2 Å². The summed E-state index contributed by atoms with van der Waals surface area (Å²) in [6.07, 6.45) is 6.34. The SMILES string of the molecule is [2H]C([2H])([2H])c1ccc2c(n1)oc1c(-c3cc(-c4c(C(C)C)cc(C5([2H])CCCCC5)cc4C(C)C)c(C([2H])([2H])[2H])cn3)cccc12. The fourth-order valence-electron chi connectivity index (χ4n) is 6.07. The third-order valence-corrected chi connectivity index (χ3v) is 8.12. The Labute approximate surface area is 242 Å². The number of nitrogens with zero attached hydrogens (tertiary/aromatic N) is 2. The predicted molar refractivity (Wildman–Crippen MR) is 164 cm³/mol. The van der Waals surface area contributed by atoms with Gasteiger partial charge in [-0.2, -0.15) is 0 Å². The second-order valence-electron chi connectivity index (χ2n) is 11.5. The minimum atomic E-state index is -2.41. The van der Waals surface area contributed by atoms with Crippen molar-refractivity contribution < 1.29 is 14.0 Å². The van der Waals surface area contributed by atoms with Gasteiger partial charge in [-0.25, -0.2) is 4.98 Å². The molecule has 0 saturated heterocycles. The fourth-order valence-corrected chi connectivity index (χ4v) is 6.07. The summed E-state index contributed by atoms with van der Waals surface area (Å²) in [5, 5.41) is 1.46. The highest BCUT2D eigenvalue weighted by molar-refractivity contribution is 6.08. The average Bonchev–Trinajstić information content (AvgIpc) is 3.38. The van der Waals surface area contributed by atoms with Crippen molar-refractivity contribution >= 4 is 22.1 Å². The number of aromatic nitrogens is 2. The number of furan rings is 1. The summed E-state index contributed by atoms with van der Waals surface area (Å²) in [5.41, 5.74) is 6.63. The Balaban J connectivity index is 1.61. The van der Waals surface area contributed by atoms with Crippen LogP contribution in [0, 0.1) is 13.7 Å². The number of pyridine rings is 2. The molecule has 0 radical (unpaired) electrons. The lowest BCUT2D eigenvalue weighted by Gasteiger charge is -2.28. The van der Waals surface area contributed by atoms with Crippen molar-refractivity contribution in [3.63, 3.8) is 0 Å². The molecule has 0 unspecified atom stereocenters. The van der Waals surface area contributed by atoms with E-state index in [1.165, 1.54) is 12.3 Å². The topological polar surface area (TPSA) is 38.9 Å². The van der Waals surface area contributed by atoms with Crippen molar-refractivity contribution in [1.82, 2.24) is 9.97 Å². The van der Waals surface area contributed by atoms with E-state index in [1.54, 1.807) is 6.07 Å². The van der Waals surface area contributed by atoms with E-state index in [1.807, 2.05) is 24.3 Å². The van der Waals surface area contributed by atoms with E-state index in [-0.39, 0.29) is 28.8 Å². The van der Waals surface area contributed by atoms with Gasteiger partial charge in [0.25, 0.3) is 0 Å². The zero-order valence-corrected chi connectivity index (χ0v) is 23.2. The minimum absolute atomic E-state index is 0.0448. The standard InChI is InChI=1S/C36H40N2O/c1-21(2)30-17-26(25-11-8-7-9-12-25)18-31(22(3)4)34(30)32-19-33(37-20-23(32)5)29-14-10-13-27-28-16-15-24(6)38-36(28)39-35(27)29/h10,13-22,25H,7-9,11-12H2,1-6H3/i5D3,6D3,25D. The maximum Gasteiger partial charge on any atom is 0.227 e. The van der Waals surface area contributed by atoms with Gasteiger partial charge >= 0.3 is 0 Å². The Morgan fingerprint density at radius 1 is 0.872 bits per heavy atom. The van der Waals surface area contributed by atoms with Crippen LogP contribution >= 0.6 is 0 Å². The molecule has 0 bridgehead atoms. The number of fused-ring (bicyclic) bond motifs is 3. The maximum absolute atomic E-state index is 9.42. The molecule has 5 aromatic rings. The quantitative estimate of drug-likeness (QED) is 0.230. The summed E-state index contributed by atoms with van der Waals surface area (Å²) < 4.78 is 64.4. The van der Waals surface area contributed by atoms with E-state index >= 15 is 0 Å². The predicted octanol–water partition coefficient (Wildman–Crippen LogP) is 10.6. The lowest BCUT2D eigenvalue weighted by Crippen LogP contribution is -2.09. The molecule has 1 fully saturated rings. The van der Waals surface area contributed by atoms with E-state index in [0.29, 0.717) is 27.8 Å². The van der Waals surface area contributed by atoms with Gasteiger partial charge in [0, 0.05) is 37.8 Å². The zero-order valence-electron chi connectivity index (χ0n) is 30.2. The Bertz CT molecular complexity index is 1900. The first-order chi connectivity index (χ1) is 21.6. The highest BCUT2D eigenvalue weighted by Gasteiger charge is 2.24.